The number of aryl methyl sites for hydroxylation is 1. The zero-order valence-corrected chi connectivity index (χ0v) is 19.7. The summed E-state index contributed by atoms with van der Waals surface area (Å²) in [7, 11) is 0. The molecule has 2 aliphatic rings. The van der Waals surface area contributed by atoms with Crippen LogP contribution in [-0.2, 0) is 6.54 Å². The summed E-state index contributed by atoms with van der Waals surface area (Å²) in [5.41, 5.74) is 4.15. The van der Waals surface area contributed by atoms with Crippen molar-refractivity contribution in [3.63, 3.8) is 0 Å². The summed E-state index contributed by atoms with van der Waals surface area (Å²) in [6.45, 7) is 10.8. The Kier molecular flexibility index (Phi) is 6.67. The predicted molar refractivity (Wildman–Crippen MR) is 126 cm³/mol. The first-order valence-corrected chi connectivity index (χ1v) is 11.5. The molecule has 2 aromatic rings. The molecule has 0 bridgehead atoms. The molecule has 7 nitrogen and oxygen atoms in total. The van der Waals surface area contributed by atoms with Crippen LogP contribution in [-0.4, -0.2) is 70.4 Å². The van der Waals surface area contributed by atoms with Gasteiger partial charge < -0.3 is 15.1 Å². The molecule has 1 aromatic heterocycles. The number of nitrogens with zero attached hydrogens (tertiary/aromatic N) is 4. The summed E-state index contributed by atoms with van der Waals surface area (Å²) >= 11 is 6.40. The van der Waals surface area contributed by atoms with Crippen LogP contribution >= 0.6 is 11.6 Å². The first-order chi connectivity index (χ1) is 15.3. The van der Waals surface area contributed by atoms with Gasteiger partial charge in [-0.3, -0.25) is 14.7 Å². The number of hydrogen-bond acceptors (Lipinski definition) is 4. The maximum atomic E-state index is 12.7. The fourth-order valence-electron chi connectivity index (χ4n) is 4.22. The highest BCUT2D eigenvalue weighted by molar-refractivity contribution is 6.31. The van der Waals surface area contributed by atoms with Crippen LogP contribution < -0.4 is 5.32 Å². The van der Waals surface area contributed by atoms with Crippen molar-refractivity contribution >= 4 is 29.2 Å². The standard InChI is InChI=1S/C24H30ClN5O2/c1-16-5-6-19(13-26-16)23(31)27-22-12-21(25)11-20(18(22)3)15-28-9-10-30(17(2)14-28)24(32)29-7-4-8-29/h5-6,11-13,17H,4,7-10,14-15H2,1-3H3,(H,27,31). The molecule has 3 heterocycles. The molecule has 2 saturated heterocycles. The minimum absolute atomic E-state index is 0.157. The van der Waals surface area contributed by atoms with Gasteiger partial charge >= 0.3 is 6.03 Å². The highest BCUT2D eigenvalue weighted by Gasteiger charge is 2.32. The Morgan fingerprint density at radius 1 is 1.16 bits per heavy atom. The maximum Gasteiger partial charge on any atom is 0.320 e. The molecular formula is C24H30ClN5O2. The Morgan fingerprint density at radius 3 is 2.56 bits per heavy atom. The number of halogens is 1. The van der Waals surface area contributed by atoms with Crippen molar-refractivity contribution in [2.45, 2.75) is 39.8 Å². The number of likely N-dealkylation sites (tertiary alicyclic amines) is 1. The van der Waals surface area contributed by atoms with Gasteiger partial charge in [-0.25, -0.2) is 4.79 Å². The second-order valence-electron chi connectivity index (χ2n) is 8.78. The Bertz CT molecular complexity index is 1010. The van der Waals surface area contributed by atoms with E-state index in [-0.39, 0.29) is 18.0 Å². The van der Waals surface area contributed by atoms with E-state index in [2.05, 4.69) is 22.1 Å². The third kappa shape index (κ3) is 4.89. The van der Waals surface area contributed by atoms with Crippen molar-refractivity contribution in [3.05, 3.63) is 57.9 Å². The summed E-state index contributed by atoms with van der Waals surface area (Å²) < 4.78 is 0. The molecule has 0 aliphatic carbocycles. The molecule has 1 atom stereocenters. The van der Waals surface area contributed by atoms with Crippen molar-refractivity contribution in [2.75, 3.05) is 38.0 Å². The summed E-state index contributed by atoms with van der Waals surface area (Å²) in [6.07, 6.45) is 2.68. The van der Waals surface area contributed by atoms with Crippen molar-refractivity contribution in [1.82, 2.24) is 19.7 Å². The first kappa shape index (κ1) is 22.6. The van der Waals surface area contributed by atoms with Gasteiger partial charge in [-0.05, 0) is 62.6 Å². The fraction of sp³-hybridized carbons (Fsp3) is 0.458. The number of pyridine rings is 1. The highest BCUT2D eigenvalue weighted by Crippen LogP contribution is 2.27. The van der Waals surface area contributed by atoms with E-state index in [0.717, 1.165) is 62.5 Å². The van der Waals surface area contributed by atoms with Gasteiger partial charge in [0.05, 0.1) is 5.56 Å². The minimum Gasteiger partial charge on any atom is -0.325 e. The number of carbonyl (C=O) groups excluding carboxylic acids is 2. The lowest BCUT2D eigenvalue weighted by Crippen LogP contribution is -2.59. The van der Waals surface area contributed by atoms with Crippen LogP contribution in [0.3, 0.4) is 0 Å². The van der Waals surface area contributed by atoms with Crippen LogP contribution in [0.5, 0.6) is 0 Å². The zero-order valence-electron chi connectivity index (χ0n) is 18.9. The lowest BCUT2D eigenvalue weighted by Gasteiger charge is -2.44. The number of carbonyl (C=O) groups is 2. The molecule has 8 heteroatoms. The summed E-state index contributed by atoms with van der Waals surface area (Å²) in [5.74, 6) is -0.208. The topological polar surface area (TPSA) is 68.8 Å². The van der Waals surface area contributed by atoms with E-state index in [0.29, 0.717) is 16.3 Å². The predicted octanol–water partition coefficient (Wildman–Crippen LogP) is 3.94. The van der Waals surface area contributed by atoms with Crippen LogP contribution in [0, 0.1) is 13.8 Å². The minimum atomic E-state index is -0.208. The first-order valence-electron chi connectivity index (χ1n) is 11.1. The molecule has 4 rings (SSSR count). The fourth-order valence-corrected chi connectivity index (χ4v) is 4.46. The number of piperazine rings is 1. The second kappa shape index (κ2) is 9.46. The lowest BCUT2D eigenvalue weighted by molar-refractivity contribution is 0.0661. The van der Waals surface area contributed by atoms with Gasteiger partial charge in [0.25, 0.3) is 5.91 Å². The third-order valence-corrected chi connectivity index (χ3v) is 6.60. The number of anilines is 1. The molecular weight excluding hydrogens is 426 g/mol. The highest BCUT2D eigenvalue weighted by atomic mass is 35.5. The molecule has 0 saturated carbocycles. The van der Waals surface area contributed by atoms with Gasteiger partial charge in [0.15, 0.2) is 0 Å². The molecule has 1 unspecified atom stereocenters. The van der Waals surface area contributed by atoms with Gasteiger partial charge in [0.1, 0.15) is 0 Å². The van der Waals surface area contributed by atoms with E-state index in [9.17, 15) is 9.59 Å². The Labute approximate surface area is 194 Å². The largest absolute Gasteiger partial charge is 0.325 e. The number of benzene rings is 1. The van der Waals surface area contributed by atoms with Crippen LogP contribution in [0.25, 0.3) is 0 Å². The Hall–Kier alpha value is -2.64. The van der Waals surface area contributed by atoms with Crippen molar-refractivity contribution < 1.29 is 9.59 Å². The maximum absolute atomic E-state index is 12.7. The van der Waals surface area contributed by atoms with Crippen LogP contribution in [0.4, 0.5) is 10.5 Å². The molecule has 0 radical (unpaired) electrons. The van der Waals surface area contributed by atoms with E-state index in [1.807, 2.05) is 35.8 Å². The van der Waals surface area contributed by atoms with E-state index < -0.39 is 0 Å². The van der Waals surface area contributed by atoms with E-state index in [4.69, 9.17) is 11.6 Å². The quantitative estimate of drug-likeness (QED) is 0.758. The average molecular weight is 456 g/mol. The molecule has 1 aromatic carbocycles. The van der Waals surface area contributed by atoms with Crippen molar-refractivity contribution in [1.29, 1.82) is 0 Å². The lowest BCUT2D eigenvalue weighted by atomic mass is 10.0. The van der Waals surface area contributed by atoms with Gasteiger partial charge in [-0.2, -0.15) is 0 Å². The van der Waals surface area contributed by atoms with Gasteiger partial charge in [-0.1, -0.05) is 11.6 Å². The molecule has 2 fully saturated rings. The van der Waals surface area contributed by atoms with Crippen molar-refractivity contribution in [2.24, 2.45) is 0 Å². The SMILES string of the molecule is Cc1ccc(C(=O)Nc2cc(Cl)cc(CN3CCN(C(=O)N4CCC4)C(C)C3)c2C)cn1. The summed E-state index contributed by atoms with van der Waals surface area (Å²) in [5, 5.41) is 3.57. The molecule has 3 amide bonds. The van der Waals surface area contributed by atoms with Gasteiger partial charge in [0, 0.05) is 67.9 Å². The van der Waals surface area contributed by atoms with Gasteiger partial charge in [0.2, 0.25) is 0 Å². The normalized spacial score (nSPS) is 18.9. The number of urea groups is 1. The number of aromatic nitrogens is 1. The Balaban J connectivity index is 1.43. The van der Waals surface area contributed by atoms with E-state index in [1.165, 1.54) is 0 Å². The van der Waals surface area contributed by atoms with Crippen LogP contribution in [0.1, 0.15) is 40.5 Å². The van der Waals surface area contributed by atoms with E-state index >= 15 is 0 Å². The van der Waals surface area contributed by atoms with E-state index in [1.54, 1.807) is 18.3 Å². The van der Waals surface area contributed by atoms with Crippen LogP contribution in [0.2, 0.25) is 5.02 Å². The average Bonchev–Trinajstić information content (AvgIpc) is 2.70. The molecule has 170 valence electrons. The van der Waals surface area contributed by atoms with Gasteiger partial charge in [-0.15, -0.1) is 0 Å². The van der Waals surface area contributed by atoms with Crippen LogP contribution in [0.15, 0.2) is 30.5 Å². The summed E-state index contributed by atoms with van der Waals surface area (Å²) in [4.78, 5) is 35.7. The molecule has 2 aliphatic heterocycles. The number of rotatable bonds is 4. The third-order valence-electron chi connectivity index (χ3n) is 6.38. The monoisotopic (exact) mass is 455 g/mol. The zero-order chi connectivity index (χ0) is 22.8. The smallest absolute Gasteiger partial charge is 0.320 e. The number of hydrogen-bond donors (Lipinski definition) is 1. The van der Waals surface area contributed by atoms with Crippen molar-refractivity contribution in [3.8, 4) is 0 Å². The number of nitrogens with one attached hydrogen (secondary N) is 1. The second-order valence-corrected chi connectivity index (χ2v) is 9.22. The molecule has 0 spiro atoms. The molecule has 32 heavy (non-hydrogen) atoms. The molecule has 1 N–H and O–H groups in total. The summed E-state index contributed by atoms with van der Waals surface area (Å²) in [6, 6.07) is 7.65. The Morgan fingerprint density at radius 2 is 1.94 bits per heavy atom. The number of amides is 3.